The lowest BCUT2D eigenvalue weighted by atomic mass is 9.98. The average Bonchev–Trinajstić information content (AvgIpc) is 3.27. The second-order valence-electron chi connectivity index (χ2n) is 7.23. The molecule has 1 N–H and O–H groups in total. The van der Waals surface area contributed by atoms with E-state index in [2.05, 4.69) is 34.6 Å². The summed E-state index contributed by atoms with van der Waals surface area (Å²) in [7, 11) is 0. The molecule has 0 fully saturated rings. The predicted molar refractivity (Wildman–Crippen MR) is 129 cm³/mol. The largest absolute Gasteiger partial charge is 0.416 e. The first kappa shape index (κ1) is 22.2. The number of aromatic nitrogens is 2. The molecule has 7 heteroatoms. The van der Waals surface area contributed by atoms with Crippen LogP contribution in [0.2, 0.25) is 0 Å². The number of carbonyl (C=O) groups excluding carboxylic acids is 1. The number of para-hydroxylation sites is 1. The van der Waals surface area contributed by atoms with Gasteiger partial charge in [-0.05, 0) is 35.7 Å². The Labute approximate surface area is 196 Å². The third kappa shape index (κ3) is 6.24. The summed E-state index contributed by atoms with van der Waals surface area (Å²) in [6, 6.07) is 28.1. The van der Waals surface area contributed by atoms with Crippen molar-refractivity contribution in [3.63, 3.8) is 0 Å². The Balaban J connectivity index is 1.30. The van der Waals surface area contributed by atoms with Crippen molar-refractivity contribution in [1.82, 2.24) is 10.2 Å². The summed E-state index contributed by atoms with van der Waals surface area (Å²) >= 11 is 2.86. The van der Waals surface area contributed by atoms with E-state index < -0.39 is 0 Å². The molecule has 1 aromatic heterocycles. The molecule has 0 spiro atoms. The minimum Gasteiger partial charge on any atom is -0.416 e. The number of hydrogen-bond donors (Lipinski definition) is 1. The van der Waals surface area contributed by atoms with Crippen LogP contribution >= 0.6 is 23.5 Å². The first-order valence-electron chi connectivity index (χ1n) is 10.3. The van der Waals surface area contributed by atoms with Gasteiger partial charge in [0.15, 0.2) is 0 Å². The minimum atomic E-state index is -0.117. The zero-order valence-electron chi connectivity index (χ0n) is 17.6. The molecule has 162 valence electrons. The molecule has 1 unspecified atom stereocenters. The molecule has 3 aromatic carbocycles. The van der Waals surface area contributed by atoms with Crippen molar-refractivity contribution in [1.29, 1.82) is 0 Å². The predicted octanol–water partition coefficient (Wildman–Crippen LogP) is 6.30. The zero-order valence-corrected chi connectivity index (χ0v) is 19.2. The number of carbonyl (C=O) groups is 1. The van der Waals surface area contributed by atoms with Gasteiger partial charge in [0, 0.05) is 16.2 Å². The molecule has 0 aliphatic heterocycles. The highest BCUT2D eigenvalue weighted by Gasteiger charge is 2.14. The smallest absolute Gasteiger partial charge is 0.277 e. The number of amides is 1. The Kier molecular flexibility index (Phi) is 7.64. The van der Waals surface area contributed by atoms with E-state index >= 15 is 0 Å². The van der Waals surface area contributed by atoms with Gasteiger partial charge in [-0.3, -0.25) is 4.79 Å². The number of benzene rings is 3. The van der Waals surface area contributed by atoms with Crippen LogP contribution in [0.5, 0.6) is 0 Å². The summed E-state index contributed by atoms with van der Waals surface area (Å²) in [5, 5.41) is 11.6. The van der Waals surface area contributed by atoms with Gasteiger partial charge in [0.2, 0.25) is 11.8 Å². The maximum absolute atomic E-state index is 12.5. The summed E-state index contributed by atoms with van der Waals surface area (Å²) in [4.78, 5) is 14.6. The molecule has 5 nitrogen and oxygen atoms in total. The van der Waals surface area contributed by atoms with Crippen LogP contribution in [0.3, 0.4) is 0 Å². The van der Waals surface area contributed by atoms with Crippen molar-refractivity contribution in [3.05, 3.63) is 96.4 Å². The summed E-state index contributed by atoms with van der Waals surface area (Å²) in [6.45, 7) is 2.13. The fraction of sp³-hybridized carbons (Fsp3) is 0.160. The molecule has 0 radical (unpaired) electrons. The van der Waals surface area contributed by atoms with E-state index in [4.69, 9.17) is 4.42 Å². The molecular formula is C25H23N3O2S2. The van der Waals surface area contributed by atoms with Crippen molar-refractivity contribution < 1.29 is 9.21 Å². The molecule has 0 saturated heterocycles. The molecule has 1 amide bonds. The Hall–Kier alpha value is -3.03. The van der Waals surface area contributed by atoms with Crippen LogP contribution in [-0.4, -0.2) is 21.9 Å². The van der Waals surface area contributed by atoms with E-state index in [1.54, 1.807) is 11.8 Å². The summed E-state index contributed by atoms with van der Waals surface area (Å²) in [6.07, 6.45) is 0.661. The van der Waals surface area contributed by atoms with E-state index in [1.807, 2.05) is 72.8 Å². The number of nitrogens with zero attached hydrogens (tertiary/aromatic N) is 2. The van der Waals surface area contributed by atoms with Crippen molar-refractivity contribution in [2.24, 2.45) is 0 Å². The molecular weight excluding hydrogens is 438 g/mol. The molecule has 0 saturated carbocycles. The molecule has 0 aliphatic carbocycles. The quantitative estimate of drug-likeness (QED) is 0.295. The molecule has 1 atom stereocenters. The van der Waals surface area contributed by atoms with Crippen LogP contribution in [0, 0.1) is 0 Å². The number of anilines is 1. The van der Waals surface area contributed by atoms with Crippen LogP contribution in [0.1, 0.15) is 24.3 Å². The summed E-state index contributed by atoms with van der Waals surface area (Å²) in [5.41, 5.74) is 2.01. The van der Waals surface area contributed by atoms with Gasteiger partial charge < -0.3 is 9.73 Å². The molecule has 4 rings (SSSR count). The lowest BCUT2D eigenvalue weighted by Crippen LogP contribution is -2.14. The van der Waals surface area contributed by atoms with E-state index in [0.717, 1.165) is 15.5 Å². The number of nitrogens with one attached hydrogen (secondary N) is 1. The van der Waals surface area contributed by atoms with Crippen LogP contribution in [-0.2, 0) is 11.2 Å². The van der Waals surface area contributed by atoms with Gasteiger partial charge in [-0.2, -0.15) is 0 Å². The summed E-state index contributed by atoms with van der Waals surface area (Å²) in [5.74, 6) is 0.930. The maximum Gasteiger partial charge on any atom is 0.277 e. The SMILES string of the molecule is CC(Cc1nnc(SCC(=O)Nc2ccccc2Sc2ccccc2)o1)c1ccccc1. The Morgan fingerprint density at radius 3 is 2.41 bits per heavy atom. The normalized spacial score (nSPS) is 11.8. The Morgan fingerprint density at radius 1 is 0.938 bits per heavy atom. The second kappa shape index (κ2) is 11.0. The van der Waals surface area contributed by atoms with Crippen LogP contribution in [0.15, 0.2) is 104 Å². The lowest BCUT2D eigenvalue weighted by Gasteiger charge is -2.10. The standard InChI is InChI=1S/C25H23N3O2S2/c1-18(19-10-4-2-5-11-19)16-24-27-28-25(30-24)31-17-23(29)26-21-14-8-9-15-22(21)32-20-12-6-3-7-13-20/h2-15,18H,16-17H2,1H3,(H,26,29). The van der Waals surface area contributed by atoms with Crippen LogP contribution in [0.4, 0.5) is 5.69 Å². The first-order valence-corrected chi connectivity index (χ1v) is 12.1. The van der Waals surface area contributed by atoms with Crippen LogP contribution < -0.4 is 5.32 Å². The Morgan fingerprint density at radius 2 is 1.62 bits per heavy atom. The zero-order chi connectivity index (χ0) is 22.2. The highest BCUT2D eigenvalue weighted by molar-refractivity contribution is 8.00. The van der Waals surface area contributed by atoms with Gasteiger partial charge in [0.05, 0.1) is 11.4 Å². The van der Waals surface area contributed by atoms with Gasteiger partial charge in [-0.25, -0.2) is 0 Å². The van der Waals surface area contributed by atoms with Gasteiger partial charge in [0.1, 0.15) is 0 Å². The van der Waals surface area contributed by atoms with Crippen molar-refractivity contribution in [2.45, 2.75) is 34.3 Å². The lowest BCUT2D eigenvalue weighted by molar-refractivity contribution is -0.113. The number of hydrogen-bond acceptors (Lipinski definition) is 6. The third-order valence-electron chi connectivity index (χ3n) is 4.76. The monoisotopic (exact) mass is 461 g/mol. The van der Waals surface area contributed by atoms with E-state index in [1.165, 1.54) is 17.3 Å². The molecule has 32 heavy (non-hydrogen) atoms. The molecule has 1 heterocycles. The first-order chi connectivity index (χ1) is 15.7. The number of thioether (sulfide) groups is 1. The topological polar surface area (TPSA) is 68.0 Å². The molecule has 4 aromatic rings. The fourth-order valence-electron chi connectivity index (χ4n) is 3.13. The fourth-order valence-corrected chi connectivity index (χ4v) is 4.63. The summed E-state index contributed by atoms with van der Waals surface area (Å²) < 4.78 is 5.74. The highest BCUT2D eigenvalue weighted by Crippen LogP contribution is 2.33. The van der Waals surface area contributed by atoms with Crippen molar-refractivity contribution in [3.8, 4) is 0 Å². The van der Waals surface area contributed by atoms with Gasteiger partial charge in [0.25, 0.3) is 5.22 Å². The average molecular weight is 462 g/mol. The third-order valence-corrected chi connectivity index (χ3v) is 6.66. The molecule has 0 aliphatic rings. The molecule has 0 bridgehead atoms. The van der Waals surface area contributed by atoms with Crippen molar-refractivity contribution in [2.75, 3.05) is 11.1 Å². The van der Waals surface area contributed by atoms with Gasteiger partial charge in [-0.1, -0.05) is 91.1 Å². The van der Waals surface area contributed by atoms with E-state index in [9.17, 15) is 4.79 Å². The van der Waals surface area contributed by atoms with E-state index in [0.29, 0.717) is 17.5 Å². The van der Waals surface area contributed by atoms with E-state index in [-0.39, 0.29) is 17.6 Å². The van der Waals surface area contributed by atoms with Crippen LogP contribution in [0.25, 0.3) is 0 Å². The Bertz CT molecular complexity index is 1150. The van der Waals surface area contributed by atoms with Gasteiger partial charge in [-0.15, -0.1) is 10.2 Å². The number of rotatable bonds is 9. The highest BCUT2D eigenvalue weighted by atomic mass is 32.2. The second-order valence-corrected chi connectivity index (χ2v) is 9.27. The maximum atomic E-state index is 12.5. The van der Waals surface area contributed by atoms with Crippen molar-refractivity contribution >= 4 is 35.1 Å². The van der Waals surface area contributed by atoms with Gasteiger partial charge >= 0.3 is 0 Å². The minimum absolute atomic E-state index is 0.117.